The molecule has 0 aromatic heterocycles. The second-order valence-electron chi connectivity index (χ2n) is 10.1. The molecule has 0 bridgehead atoms. The number of rotatable bonds is 21. The van der Waals surface area contributed by atoms with Gasteiger partial charge in [-0.1, -0.05) is 90.6 Å². The minimum atomic E-state index is -3.08. The number of carbonyl (C=O) groups is 3. The molecule has 1 aliphatic heterocycles. The van der Waals surface area contributed by atoms with Crippen molar-refractivity contribution in [1.29, 1.82) is 0 Å². The average molecular weight is 559 g/mol. The van der Waals surface area contributed by atoms with Gasteiger partial charge in [0.15, 0.2) is 5.76 Å². The highest BCUT2D eigenvalue weighted by Gasteiger charge is 2.66. The van der Waals surface area contributed by atoms with Crippen LogP contribution < -0.4 is 0 Å². The fraction of sp³-hybridized carbons (Fsp3) is 0.750. The normalized spacial score (nSPS) is 18.3. The van der Waals surface area contributed by atoms with Crippen LogP contribution in [0.25, 0.3) is 0 Å². The van der Waals surface area contributed by atoms with Crippen molar-refractivity contribution < 1.29 is 54.1 Å². The molecular weight excluding hydrogens is 512 g/mol. The van der Waals surface area contributed by atoms with Crippen LogP contribution in [0.4, 0.5) is 0 Å². The first kappa shape index (κ1) is 34.4. The molecule has 0 aromatic carbocycles. The highest BCUT2D eigenvalue weighted by atomic mass is 16.8. The van der Waals surface area contributed by atoms with Crippen molar-refractivity contribution in [3.63, 3.8) is 0 Å². The number of hydrogen-bond donors (Lipinski definition) is 5. The molecule has 1 heterocycles. The molecule has 0 saturated carbocycles. The third-order valence-electron chi connectivity index (χ3n) is 6.82. The van der Waals surface area contributed by atoms with Crippen LogP contribution in [0.3, 0.4) is 0 Å². The summed E-state index contributed by atoms with van der Waals surface area (Å²) in [7, 11) is 0. The highest BCUT2D eigenvalue weighted by Crippen LogP contribution is 2.39. The molecule has 0 spiro atoms. The van der Waals surface area contributed by atoms with E-state index in [1.165, 1.54) is 58.3 Å². The topological polar surface area (TPSA) is 180 Å². The average Bonchev–Trinajstić information content (AvgIpc) is 3.17. The summed E-state index contributed by atoms with van der Waals surface area (Å²) < 4.78 is 15.0. The molecule has 39 heavy (non-hydrogen) atoms. The van der Waals surface area contributed by atoms with Crippen LogP contribution in [0.2, 0.25) is 0 Å². The number of aliphatic hydroxyl groups is 5. The van der Waals surface area contributed by atoms with Crippen molar-refractivity contribution in [2.45, 2.75) is 121 Å². The Morgan fingerprint density at radius 3 is 1.74 bits per heavy atom. The largest absolute Gasteiger partial charge is 0.505 e. The summed E-state index contributed by atoms with van der Waals surface area (Å²) in [6.07, 6.45) is 11.9. The van der Waals surface area contributed by atoms with Gasteiger partial charge in [0.2, 0.25) is 17.5 Å². The minimum absolute atomic E-state index is 0.164. The first-order valence-corrected chi connectivity index (χ1v) is 13.9. The molecule has 0 amide bonds. The van der Waals surface area contributed by atoms with Gasteiger partial charge in [-0.05, 0) is 13.3 Å². The number of unbranched alkanes of at least 4 members (excludes halogenated alkanes) is 12. The van der Waals surface area contributed by atoms with Crippen LogP contribution in [0.1, 0.15) is 104 Å². The zero-order valence-corrected chi connectivity index (χ0v) is 23.3. The van der Waals surface area contributed by atoms with Gasteiger partial charge in [0.25, 0.3) is 0 Å². The molecule has 0 radical (unpaired) electrons. The van der Waals surface area contributed by atoms with E-state index in [0.717, 1.165) is 19.3 Å². The third kappa shape index (κ3) is 9.81. The fourth-order valence-corrected chi connectivity index (χ4v) is 4.33. The molecule has 3 atom stereocenters. The molecule has 5 N–H and O–H groups in total. The van der Waals surface area contributed by atoms with E-state index >= 15 is 0 Å². The van der Waals surface area contributed by atoms with Crippen LogP contribution in [0.5, 0.6) is 0 Å². The van der Waals surface area contributed by atoms with Crippen molar-refractivity contribution in [2.75, 3.05) is 13.2 Å². The molecule has 11 nitrogen and oxygen atoms in total. The first-order chi connectivity index (χ1) is 18.5. The van der Waals surface area contributed by atoms with Crippen molar-refractivity contribution >= 4 is 17.9 Å². The maximum atomic E-state index is 12.7. The number of hydrogen-bond acceptors (Lipinski definition) is 11. The molecule has 1 unspecified atom stereocenters. The summed E-state index contributed by atoms with van der Waals surface area (Å²) in [5.41, 5.74) is -3.28. The third-order valence-corrected chi connectivity index (χ3v) is 6.82. The van der Waals surface area contributed by atoms with E-state index in [4.69, 9.17) is 14.2 Å². The van der Waals surface area contributed by atoms with Gasteiger partial charge in [-0.2, -0.15) is 0 Å². The highest BCUT2D eigenvalue weighted by molar-refractivity contribution is 5.89. The van der Waals surface area contributed by atoms with E-state index in [1.807, 2.05) is 0 Å². The number of cyclic esters (lactones) is 1. The van der Waals surface area contributed by atoms with Crippen LogP contribution in [0.15, 0.2) is 23.7 Å². The molecule has 0 saturated heterocycles. The molecule has 0 fully saturated rings. The summed E-state index contributed by atoms with van der Waals surface area (Å²) >= 11 is 0. The Balaban J connectivity index is 2.69. The Labute approximate surface area is 230 Å². The van der Waals surface area contributed by atoms with E-state index in [-0.39, 0.29) is 12.0 Å². The SMILES string of the molecule is C=C(C)C(=O)OC(CO)(OC(=O)CCCCCCCCCCCCCCC)[C@](O)(CO)[C@H]1OC(=O)C(O)=C1O. The van der Waals surface area contributed by atoms with E-state index in [1.54, 1.807) is 0 Å². The number of aliphatic hydroxyl groups excluding tert-OH is 4. The predicted octanol–water partition coefficient (Wildman–Crippen LogP) is 3.80. The molecule has 1 rings (SSSR count). The van der Waals surface area contributed by atoms with Crippen molar-refractivity contribution in [2.24, 2.45) is 0 Å². The quantitative estimate of drug-likeness (QED) is 0.0598. The predicted molar refractivity (Wildman–Crippen MR) is 141 cm³/mol. The lowest BCUT2D eigenvalue weighted by Gasteiger charge is -2.44. The number of esters is 3. The van der Waals surface area contributed by atoms with Gasteiger partial charge in [0.05, 0.1) is 6.61 Å². The van der Waals surface area contributed by atoms with Crippen LogP contribution in [-0.2, 0) is 28.6 Å². The summed E-state index contributed by atoms with van der Waals surface area (Å²) in [6, 6.07) is 0. The lowest BCUT2D eigenvalue weighted by atomic mass is 9.86. The van der Waals surface area contributed by atoms with Gasteiger partial charge >= 0.3 is 23.7 Å². The van der Waals surface area contributed by atoms with Crippen LogP contribution in [-0.4, -0.2) is 74.1 Å². The molecule has 0 aromatic rings. The maximum absolute atomic E-state index is 12.7. The minimum Gasteiger partial charge on any atom is -0.505 e. The van der Waals surface area contributed by atoms with E-state index in [2.05, 4.69) is 13.5 Å². The molecule has 1 aliphatic rings. The second-order valence-corrected chi connectivity index (χ2v) is 10.1. The Hall–Kier alpha value is -2.63. The van der Waals surface area contributed by atoms with Crippen molar-refractivity contribution in [3.05, 3.63) is 23.7 Å². The Bertz CT molecular complexity index is 852. The van der Waals surface area contributed by atoms with Gasteiger partial charge in [0.1, 0.15) is 6.61 Å². The Morgan fingerprint density at radius 1 is 0.872 bits per heavy atom. The molecule has 11 heteroatoms. The maximum Gasteiger partial charge on any atom is 0.378 e. The monoisotopic (exact) mass is 558 g/mol. The number of carbonyl (C=O) groups excluding carboxylic acids is 3. The zero-order valence-electron chi connectivity index (χ0n) is 23.3. The number of ether oxygens (including phenoxy) is 3. The zero-order chi connectivity index (χ0) is 29.5. The van der Waals surface area contributed by atoms with Gasteiger partial charge in [-0.3, -0.25) is 4.79 Å². The van der Waals surface area contributed by atoms with E-state index < -0.39 is 60.1 Å². The summed E-state index contributed by atoms with van der Waals surface area (Å²) in [6.45, 7) is 4.04. The second kappa shape index (κ2) is 17.1. The van der Waals surface area contributed by atoms with Crippen LogP contribution in [0, 0.1) is 0 Å². The first-order valence-electron chi connectivity index (χ1n) is 13.9. The lowest BCUT2D eigenvalue weighted by Crippen LogP contribution is -2.69. The van der Waals surface area contributed by atoms with E-state index in [0.29, 0.717) is 12.8 Å². The van der Waals surface area contributed by atoms with Gasteiger partial charge in [-0.15, -0.1) is 0 Å². The summed E-state index contributed by atoms with van der Waals surface area (Å²) in [5.74, 6) is -9.10. The lowest BCUT2D eigenvalue weighted by molar-refractivity contribution is -0.328. The molecule has 0 aliphatic carbocycles. The molecular formula is C28H46O11. The Morgan fingerprint density at radius 2 is 1.36 bits per heavy atom. The smallest absolute Gasteiger partial charge is 0.378 e. The van der Waals surface area contributed by atoms with Gasteiger partial charge in [-0.25, -0.2) is 9.59 Å². The van der Waals surface area contributed by atoms with Crippen molar-refractivity contribution in [3.8, 4) is 0 Å². The van der Waals surface area contributed by atoms with Crippen LogP contribution >= 0.6 is 0 Å². The van der Waals surface area contributed by atoms with Crippen molar-refractivity contribution in [1.82, 2.24) is 0 Å². The van der Waals surface area contributed by atoms with Gasteiger partial charge in [0, 0.05) is 12.0 Å². The summed E-state index contributed by atoms with van der Waals surface area (Å²) in [5, 5.41) is 51.1. The van der Waals surface area contributed by atoms with E-state index in [9.17, 15) is 39.9 Å². The molecule has 224 valence electrons. The van der Waals surface area contributed by atoms with Gasteiger partial charge < -0.3 is 39.7 Å². The standard InChI is InChI=1S/C28H46O11/c1-4-5-6-7-8-9-10-11-12-13-14-15-16-17-21(31)38-28(19-30,39-25(34)20(2)3)27(36,18-29)24-22(32)23(33)26(35)37-24/h24,29-30,32-33,36H,2,4-19H2,1,3H3/t24-,27-,28?/m0/s1. The fourth-order valence-electron chi connectivity index (χ4n) is 4.33. The Kier molecular flexibility index (Phi) is 15.1. The summed E-state index contributed by atoms with van der Waals surface area (Å²) in [4.78, 5) is 36.7.